The number of aromatic nitrogens is 1. The highest BCUT2D eigenvalue weighted by atomic mass is 19.1. The summed E-state index contributed by atoms with van der Waals surface area (Å²) in [6.45, 7) is 7.29. The Balaban J connectivity index is 1.43. The molecule has 4 aromatic rings. The first-order valence-corrected chi connectivity index (χ1v) is 14.6. The number of piperazine rings is 1. The van der Waals surface area contributed by atoms with Crippen LogP contribution in [0.15, 0.2) is 84.9 Å². The lowest BCUT2D eigenvalue weighted by molar-refractivity contribution is 0.0193. The Morgan fingerprint density at radius 1 is 0.932 bits per heavy atom. The summed E-state index contributed by atoms with van der Waals surface area (Å²) in [5.74, 6) is 0.673. The van der Waals surface area contributed by atoms with Crippen LogP contribution in [0.25, 0.3) is 11.1 Å². The van der Waals surface area contributed by atoms with Crippen molar-refractivity contribution in [3.8, 4) is 28.6 Å². The SMILES string of the molecule is COc1cc(C2CN(C(=O)OC(C)(C)C)CCN2)c(F)cc1-c1ccc(OCc2ccccc2)nc1OCc1ccccc1. The molecule has 0 bridgehead atoms. The molecule has 9 heteroatoms. The van der Waals surface area contributed by atoms with Crippen LogP contribution in [0.4, 0.5) is 9.18 Å². The van der Waals surface area contributed by atoms with Crippen LogP contribution in [-0.2, 0) is 18.0 Å². The molecule has 1 atom stereocenters. The van der Waals surface area contributed by atoms with Gasteiger partial charge in [-0.15, -0.1) is 0 Å². The third-order valence-corrected chi connectivity index (χ3v) is 7.09. The van der Waals surface area contributed by atoms with E-state index in [1.807, 2.05) is 81.4 Å². The van der Waals surface area contributed by atoms with Gasteiger partial charge in [0.15, 0.2) is 0 Å². The Kier molecular flexibility index (Phi) is 9.65. The van der Waals surface area contributed by atoms with Crippen molar-refractivity contribution in [3.05, 3.63) is 107 Å². The summed E-state index contributed by atoms with van der Waals surface area (Å²) in [5.41, 5.74) is 2.78. The van der Waals surface area contributed by atoms with Gasteiger partial charge in [-0.1, -0.05) is 60.7 Å². The molecule has 8 nitrogen and oxygen atoms in total. The van der Waals surface area contributed by atoms with Gasteiger partial charge >= 0.3 is 6.09 Å². The average molecular weight is 600 g/mol. The number of nitrogens with one attached hydrogen (secondary N) is 1. The maximum Gasteiger partial charge on any atom is 0.410 e. The molecule has 2 heterocycles. The molecular weight excluding hydrogens is 561 g/mol. The Morgan fingerprint density at radius 2 is 1.59 bits per heavy atom. The zero-order valence-electron chi connectivity index (χ0n) is 25.5. The lowest BCUT2D eigenvalue weighted by Crippen LogP contribution is -2.49. The Morgan fingerprint density at radius 3 is 2.23 bits per heavy atom. The molecule has 1 fully saturated rings. The fourth-order valence-electron chi connectivity index (χ4n) is 4.94. The molecule has 44 heavy (non-hydrogen) atoms. The van der Waals surface area contributed by atoms with Crippen LogP contribution >= 0.6 is 0 Å². The zero-order valence-corrected chi connectivity index (χ0v) is 25.5. The minimum atomic E-state index is -0.621. The van der Waals surface area contributed by atoms with Crippen molar-refractivity contribution in [2.45, 2.75) is 45.6 Å². The monoisotopic (exact) mass is 599 g/mol. The number of methoxy groups -OCH3 is 1. The first-order chi connectivity index (χ1) is 21.2. The van der Waals surface area contributed by atoms with Crippen LogP contribution in [0, 0.1) is 5.82 Å². The summed E-state index contributed by atoms with van der Waals surface area (Å²) in [5, 5.41) is 3.32. The summed E-state index contributed by atoms with van der Waals surface area (Å²) < 4.78 is 39.4. The van der Waals surface area contributed by atoms with E-state index in [1.165, 1.54) is 13.2 Å². The zero-order chi connectivity index (χ0) is 31.1. The molecular formula is C35H38FN3O5. The molecule has 5 rings (SSSR count). The van der Waals surface area contributed by atoms with Gasteiger partial charge in [0.05, 0.1) is 13.2 Å². The number of nitrogens with zero attached hydrogens (tertiary/aromatic N) is 2. The van der Waals surface area contributed by atoms with E-state index in [-0.39, 0.29) is 19.0 Å². The van der Waals surface area contributed by atoms with Crippen molar-refractivity contribution in [2.24, 2.45) is 0 Å². The van der Waals surface area contributed by atoms with Gasteiger partial charge in [-0.25, -0.2) is 9.18 Å². The molecule has 3 aromatic carbocycles. The second-order valence-corrected chi connectivity index (χ2v) is 11.6. The minimum absolute atomic E-state index is 0.259. The van der Waals surface area contributed by atoms with E-state index in [4.69, 9.17) is 18.9 Å². The first kappa shape index (κ1) is 30.8. The third kappa shape index (κ3) is 7.85. The predicted octanol–water partition coefficient (Wildman–Crippen LogP) is 6.94. The quantitative estimate of drug-likeness (QED) is 0.223. The molecule has 1 unspecified atom stereocenters. The van der Waals surface area contributed by atoms with Gasteiger partial charge in [-0.3, -0.25) is 0 Å². The fourth-order valence-corrected chi connectivity index (χ4v) is 4.94. The number of amides is 1. The first-order valence-electron chi connectivity index (χ1n) is 14.6. The standard InChI is InChI=1S/C35H38FN3O5/c1-35(2,3)44-34(40)39-18-17-37-30(21-39)28-20-31(41-4)27(19-29(28)36)26-15-16-32(42-22-24-11-7-5-8-12-24)38-33(26)43-23-25-13-9-6-10-14-25/h5-16,19-20,30,37H,17-18,21-23H2,1-4H3. The molecule has 1 saturated heterocycles. The normalized spacial score (nSPS) is 15.0. The smallest absolute Gasteiger partial charge is 0.410 e. The predicted molar refractivity (Wildman–Crippen MR) is 166 cm³/mol. The van der Waals surface area contributed by atoms with Gasteiger partial charge in [-0.05, 0) is 50.1 Å². The van der Waals surface area contributed by atoms with Gasteiger partial charge in [0.2, 0.25) is 11.8 Å². The molecule has 1 aliphatic rings. The highest BCUT2D eigenvalue weighted by Crippen LogP contribution is 2.40. The highest BCUT2D eigenvalue weighted by Gasteiger charge is 2.30. The Bertz CT molecular complexity index is 1560. The fraction of sp³-hybridized carbons (Fsp3) is 0.314. The van der Waals surface area contributed by atoms with Crippen molar-refractivity contribution >= 4 is 6.09 Å². The summed E-state index contributed by atoms with van der Waals surface area (Å²) in [6, 6.07) is 25.7. The molecule has 0 radical (unpaired) electrons. The van der Waals surface area contributed by atoms with Crippen molar-refractivity contribution in [1.82, 2.24) is 15.2 Å². The van der Waals surface area contributed by atoms with Crippen molar-refractivity contribution in [2.75, 3.05) is 26.7 Å². The molecule has 1 amide bonds. The van der Waals surface area contributed by atoms with Crippen molar-refractivity contribution in [3.63, 3.8) is 0 Å². The van der Waals surface area contributed by atoms with E-state index in [2.05, 4.69) is 10.3 Å². The van der Waals surface area contributed by atoms with Crippen LogP contribution < -0.4 is 19.5 Å². The number of benzene rings is 3. The van der Waals surface area contributed by atoms with E-state index in [0.29, 0.717) is 48.0 Å². The summed E-state index contributed by atoms with van der Waals surface area (Å²) >= 11 is 0. The highest BCUT2D eigenvalue weighted by molar-refractivity contribution is 5.75. The van der Waals surface area contributed by atoms with E-state index >= 15 is 4.39 Å². The lowest BCUT2D eigenvalue weighted by Gasteiger charge is -2.35. The van der Waals surface area contributed by atoms with E-state index < -0.39 is 23.6 Å². The van der Waals surface area contributed by atoms with Gasteiger partial charge in [0.25, 0.3) is 0 Å². The molecule has 1 N–H and O–H groups in total. The number of ether oxygens (including phenoxy) is 4. The molecule has 1 aliphatic heterocycles. The third-order valence-electron chi connectivity index (χ3n) is 7.09. The minimum Gasteiger partial charge on any atom is -0.496 e. The van der Waals surface area contributed by atoms with E-state index in [9.17, 15) is 4.79 Å². The average Bonchev–Trinajstić information content (AvgIpc) is 3.03. The molecule has 1 aromatic heterocycles. The summed E-state index contributed by atoms with van der Waals surface area (Å²) in [7, 11) is 1.54. The van der Waals surface area contributed by atoms with Gasteiger partial charge in [0.1, 0.15) is 30.4 Å². The van der Waals surface area contributed by atoms with Crippen LogP contribution in [0.5, 0.6) is 17.5 Å². The maximum atomic E-state index is 15.9. The number of hydrogen-bond acceptors (Lipinski definition) is 7. The Hall–Kier alpha value is -4.63. The van der Waals surface area contributed by atoms with Crippen LogP contribution in [0.2, 0.25) is 0 Å². The summed E-state index contributed by atoms with van der Waals surface area (Å²) in [6.07, 6.45) is -0.422. The number of halogens is 1. The topological polar surface area (TPSA) is 82.2 Å². The molecule has 0 spiro atoms. The van der Waals surface area contributed by atoms with Crippen LogP contribution in [0.1, 0.15) is 43.5 Å². The Labute approximate surface area is 257 Å². The van der Waals surface area contributed by atoms with Gasteiger partial charge in [0, 0.05) is 42.4 Å². The second kappa shape index (κ2) is 13.8. The number of rotatable bonds is 9. The second-order valence-electron chi connectivity index (χ2n) is 11.6. The maximum absolute atomic E-state index is 15.9. The molecule has 230 valence electrons. The number of hydrogen-bond donors (Lipinski definition) is 1. The van der Waals surface area contributed by atoms with E-state index in [1.54, 1.807) is 23.1 Å². The largest absolute Gasteiger partial charge is 0.496 e. The number of pyridine rings is 1. The molecule has 0 aliphatic carbocycles. The number of carbonyl (C=O) groups is 1. The van der Waals surface area contributed by atoms with Crippen molar-refractivity contribution in [1.29, 1.82) is 0 Å². The van der Waals surface area contributed by atoms with Crippen LogP contribution in [-0.4, -0.2) is 48.3 Å². The summed E-state index contributed by atoms with van der Waals surface area (Å²) in [4.78, 5) is 19.0. The van der Waals surface area contributed by atoms with Crippen LogP contribution in [0.3, 0.4) is 0 Å². The molecule has 0 saturated carbocycles. The van der Waals surface area contributed by atoms with Gasteiger partial charge in [-0.2, -0.15) is 4.98 Å². The van der Waals surface area contributed by atoms with E-state index in [0.717, 1.165) is 11.1 Å². The lowest BCUT2D eigenvalue weighted by atomic mass is 9.98. The number of carbonyl (C=O) groups excluding carboxylic acids is 1. The van der Waals surface area contributed by atoms with Crippen molar-refractivity contribution < 1.29 is 28.1 Å². The van der Waals surface area contributed by atoms with Gasteiger partial charge < -0.3 is 29.2 Å².